The summed E-state index contributed by atoms with van der Waals surface area (Å²) in [7, 11) is -4.08. The van der Waals surface area contributed by atoms with Crippen molar-refractivity contribution < 1.29 is 14.2 Å². The van der Waals surface area contributed by atoms with Gasteiger partial charge in [-0.3, -0.25) is 9.59 Å². The van der Waals surface area contributed by atoms with Crippen LogP contribution < -0.4 is 5.30 Å². The highest BCUT2D eigenvalue weighted by Crippen LogP contribution is 2.52. The van der Waals surface area contributed by atoms with E-state index in [1.807, 2.05) is 61.6 Å². The maximum absolute atomic E-state index is 14.3. The molecule has 3 aromatic rings. The highest BCUT2D eigenvalue weighted by atomic mass is 127. The Morgan fingerprint density at radius 3 is 1.89 bits per heavy atom. The molecule has 0 radical (unpaired) electrons. The van der Waals surface area contributed by atoms with Gasteiger partial charge in [0.1, 0.15) is 0 Å². The summed E-state index contributed by atoms with van der Waals surface area (Å²) in [6.45, 7) is 5.58. The van der Waals surface area contributed by atoms with E-state index in [0.29, 0.717) is 14.7 Å². The molecule has 0 spiro atoms. The van der Waals surface area contributed by atoms with Gasteiger partial charge in [-0.1, -0.05) is 60.2 Å². The number of rotatable bonds is 5. The van der Waals surface area contributed by atoms with Gasteiger partial charge in [0.2, 0.25) is 18.2 Å². The van der Waals surface area contributed by atoms with E-state index in [1.165, 1.54) is 0 Å². The number of hydrogen-bond donors (Lipinski definition) is 0. The van der Waals surface area contributed by atoms with Crippen molar-refractivity contribution in [2.75, 3.05) is 0 Å². The zero-order valence-electron chi connectivity index (χ0n) is 15.9. The van der Waals surface area contributed by atoms with E-state index in [0.717, 1.165) is 16.7 Å². The summed E-state index contributed by atoms with van der Waals surface area (Å²) in [6.07, 6.45) is 0. The van der Waals surface area contributed by atoms with Crippen LogP contribution in [0.4, 0.5) is 0 Å². The quantitative estimate of drug-likeness (QED) is 0.323. The van der Waals surface area contributed by atoms with Gasteiger partial charge in [0.05, 0.1) is 0 Å². The molecule has 0 aromatic heterocycles. The summed E-state index contributed by atoms with van der Waals surface area (Å²) in [4.78, 5) is 27.2. The van der Waals surface area contributed by atoms with Crippen LogP contribution in [0, 0.1) is 24.3 Å². The van der Waals surface area contributed by atoms with Crippen molar-refractivity contribution in [2.24, 2.45) is 0 Å². The molecular weight excluding hydrogens is 482 g/mol. The summed E-state index contributed by atoms with van der Waals surface area (Å²) in [5.74, 6) is 0. The Morgan fingerprint density at radius 2 is 1.32 bits per heavy atom. The van der Waals surface area contributed by atoms with Crippen molar-refractivity contribution in [3.63, 3.8) is 0 Å². The van der Waals surface area contributed by atoms with Crippen LogP contribution in [0.25, 0.3) is 0 Å². The van der Waals surface area contributed by atoms with Crippen LogP contribution in [0.3, 0.4) is 0 Å². The predicted molar refractivity (Wildman–Crippen MR) is 122 cm³/mol. The van der Waals surface area contributed by atoms with E-state index in [-0.39, 0.29) is 5.30 Å². The fourth-order valence-electron chi connectivity index (χ4n) is 3.44. The topological polar surface area (TPSA) is 51.2 Å². The Bertz CT molecular complexity index is 1100. The highest BCUT2D eigenvalue weighted by Gasteiger charge is 2.44. The van der Waals surface area contributed by atoms with Crippen LogP contribution in [0.1, 0.15) is 37.4 Å². The van der Waals surface area contributed by atoms with Gasteiger partial charge >= 0.3 is 0 Å². The predicted octanol–water partition coefficient (Wildman–Crippen LogP) is 5.89. The van der Waals surface area contributed by atoms with Crippen LogP contribution in [-0.4, -0.2) is 11.0 Å². The summed E-state index contributed by atoms with van der Waals surface area (Å²) < 4.78 is 14.9. The normalized spacial score (nSPS) is 13.0. The van der Waals surface area contributed by atoms with Crippen LogP contribution in [-0.2, 0) is 4.57 Å². The minimum atomic E-state index is -4.08. The van der Waals surface area contributed by atoms with Crippen molar-refractivity contribution in [3.8, 4) is 0 Å². The Hall–Kier alpha value is -2.04. The number of benzene rings is 3. The third-order valence-corrected chi connectivity index (χ3v) is 8.26. The second kappa shape index (κ2) is 8.14. The molecule has 0 bridgehead atoms. The summed E-state index contributed by atoms with van der Waals surface area (Å²) in [6, 6.07) is 19.1. The number of aryl methyl sites for hydroxylation is 3. The molecule has 3 aromatic carbocycles. The molecule has 5 heteroatoms. The first kappa shape index (κ1) is 20.7. The van der Waals surface area contributed by atoms with Gasteiger partial charge in [0.15, 0.2) is 0 Å². The summed E-state index contributed by atoms with van der Waals surface area (Å²) in [5.41, 5.74) is 1.95. The molecule has 0 amide bonds. The Morgan fingerprint density at radius 1 is 0.786 bits per heavy atom. The zero-order chi connectivity index (χ0) is 20.5. The average Bonchev–Trinajstić information content (AvgIpc) is 2.67. The summed E-state index contributed by atoms with van der Waals surface area (Å²) in [5, 5.41) is 0.268. The molecule has 3 rings (SSSR count). The Labute approximate surface area is 178 Å². The number of carbonyl (C=O) groups is 2. The molecule has 0 N–H and O–H groups in total. The molecular formula is C23H20IO3P. The molecule has 0 fully saturated rings. The van der Waals surface area contributed by atoms with Crippen molar-refractivity contribution in [3.05, 3.63) is 98.1 Å². The number of halogens is 1. The van der Waals surface area contributed by atoms with Gasteiger partial charge in [-0.05, 0) is 66.6 Å². The van der Waals surface area contributed by atoms with Gasteiger partial charge in [-0.25, -0.2) is 0 Å². The molecule has 0 heterocycles. The minimum absolute atomic E-state index is 0.268. The second-order valence-corrected chi connectivity index (χ2v) is 10.5. The van der Waals surface area contributed by atoms with Crippen molar-refractivity contribution in [1.29, 1.82) is 0 Å². The largest absolute Gasteiger partial charge is 0.302 e. The standard InChI is InChI=1S/C23H20IO3P/c1-15-13-16(2)21(17(3)14-15)23(26)28(27,18-9-5-4-6-10-18)22(25)19-11-7-8-12-20(19)24/h4-14H,1-3H3. The molecule has 0 aliphatic heterocycles. The Kier molecular flexibility index (Phi) is 6.01. The lowest BCUT2D eigenvalue weighted by Gasteiger charge is -2.20. The van der Waals surface area contributed by atoms with Gasteiger partial charge < -0.3 is 4.57 Å². The van der Waals surface area contributed by atoms with Crippen LogP contribution in [0.2, 0.25) is 0 Å². The van der Waals surface area contributed by atoms with Crippen molar-refractivity contribution in [2.45, 2.75) is 20.8 Å². The molecule has 0 saturated carbocycles. The molecule has 0 aliphatic carbocycles. The van der Waals surface area contributed by atoms with Gasteiger partial charge in [0, 0.05) is 20.0 Å². The smallest absolute Gasteiger partial charge is 0.248 e. The monoisotopic (exact) mass is 502 g/mol. The third kappa shape index (κ3) is 3.63. The molecule has 0 saturated heterocycles. The van der Waals surface area contributed by atoms with Gasteiger partial charge in [-0.15, -0.1) is 0 Å². The summed E-state index contributed by atoms with van der Waals surface area (Å²) >= 11 is 2.04. The fourth-order valence-corrected chi connectivity index (χ4v) is 6.74. The van der Waals surface area contributed by atoms with E-state index in [9.17, 15) is 14.2 Å². The molecule has 0 aliphatic rings. The lowest BCUT2D eigenvalue weighted by Crippen LogP contribution is -2.22. The van der Waals surface area contributed by atoms with Crippen molar-refractivity contribution in [1.82, 2.24) is 0 Å². The number of hydrogen-bond acceptors (Lipinski definition) is 3. The molecule has 1 unspecified atom stereocenters. The van der Waals surface area contributed by atoms with E-state index in [2.05, 4.69) is 0 Å². The molecule has 1 atom stereocenters. The first-order chi connectivity index (χ1) is 13.3. The first-order valence-corrected chi connectivity index (χ1v) is 11.6. The molecule has 3 nitrogen and oxygen atoms in total. The third-order valence-electron chi connectivity index (χ3n) is 4.69. The maximum Gasteiger partial charge on any atom is 0.248 e. The lowest BCUT2D eigenvalue weighted by molar-refractivity contribution is 0.104. The molecule has 28 heavy (non-hydrogen) atoms. The van der Waals surface area contributed by atoms with E-state index >= 15 is 0 Å². The van der Waals surface area contributed by atoms with Crippen molar-refractivity contribution >= 4 is 46.1 Å². The van der Waals surface area contributed by atoms with Gasteiger partial charge in [0.25, 0.3) is 0 Å². The minimum Gasteiger partial charge on any atom is -0.302 e. The number of carbonyl (C=O) groups excluding carboxylic acids is 2. The van der Waals surface area contributed by atoms with Crippen LogP contribution in [0.5, 0.6) is 0 Å². The van der Waals surface area contributed by atoms with E-state index in [1.54, 1.807) is 48.5 Å². The highest BCUT2D eigenvalue weighted by molar-refractivity contribution is 14.1. The average molecular weight is 502 g/mol. The Balaban J connectivity index is 2.27. The molecule has 142 valence electrons. The van der Waals surface area contributed by atoms with Gasteiger partial charge in [-0.2, -0.15) is 0 Å². The fraction of sp³-hybridized carbons (Fsp3) is 0.130. The lowest BCUT2D eigenvalue weighted by atomic mass is 10.0. The zero-order valence-corrected chi connectivity index (χ0v) is 19.0. The van der Waals surface area contributed by atoms with Crippen LogP contribution in [0.15, 0.2) is 66.7 Å². The van der Waals surface area contributed by atoms with Crippen LogP contribution >= 0.6 is 29.7 Å². The maximum atomic E-state index is 14.3. The first-order valence-electron chi connectivity index (χ1n) is 8.84. The second-order valence-electron chi connectivity index (χ2n) is 6.81. The SMILES string of the molecule is Cc1cc(C)c(C(=O)P(=O)(C(=O)c2ccccc2I)c2ccccc2)c(C)c1. The van der Waals surface area contributed by atoms with E-state index < -0.39 is 18.2 Å². The van der Waals surface area contributed by atoms with E-state index in [4.69, 9.17) is 0 Å².